The second-order valence-electron chi connectivity index (χ2n) is 4.14. The normalized spacial score (nSPS) is 23.5. The van der Waals surface area contributed by atoms with Crippen LogP contribution in [-0.4, -0.2) is 29.1 Å². The number of hydrogen-bond acceptors (Lipinski definition) is 2. The van der Waals surface area contributed by atoms with Crippen molar-refractivity contribution in [2.75, 3.05) is 13.1 Å². The molecule has 0 aliphatic heterocycles. The van der Waals surface area contributed by atoms with Crippen LogP contribution in [0.1, 0.15) is 31.1 Å². The minimum absolute atomic E-state index is 0.116. The van der Waals surface area contributed by atoms with Gasteiger partial charge in [0.05, 0.1) is 12.1 Å². The molecule has 0 saturated heterocycles. The maximum absolute atomic E-state index is 10.4. The lowest BCUT2D eigenvalue weighted by Crippen LogP contribution is -2.39. The number of rotatable bonds is 3. The van der Waals surface area contributed by atoms with Crippen LogP contribution >= 0.6 is 0 Å². The number of nitrogens with zero attached hydrogens (tertiary/aromatic N) is 1. The van der Waals surface area contributed by atoms with E-state index in [0.29, 0.717) is 0 Å². The average Bonchev–Trinajstić information content (AvgIpc) is 2.34. The van der Waals surface area contributed by atoms with Gasteiger partial charge < -0.3 is 5.11 Å². The number of likely N-dealkylation sites (N-methyl/N-ethyl adjacent to an activating group) is 1. The highest BCUT2D eigenvalue weighted by Gasteiger charge is 2.27. The molecule has 0 fully saturated rings. The molecule has 1 aromatic carbocycles. The Morgan fingerprint density at radius 2 is 1.88 bits per heavy atom. The Bertz CT molecular complexity index is 382. The zero-order valence-corrected chi connectivity index (χ0v) is 9.93. The second-order valence-corrected chi connectivity index (χ2v) is 4.14. The van der Waals surface area contributed by atoms with Crippen molar-refractivity contribution in [3.05, 3.63) is 41.5 Å². The number of hydrogen-bond donors (Lipinski definition) is 1. The minimum atomic E-state index is -0.402. The van der Waals surface area contributed by atoms with Crippen LogP contribution in [0.4, 0.5) is 0 Å². The fraction of sp³-hybridized carbons (Fsp3) is 0.429. The van der Waals surface area contributed by atoms with E-state index in [9.17, 15) is 5.11 Å². The lowest BCUT2D eigenvalue weighted by atomic mass is 9.90. The second kappa shape index (κ2) is 4.81. The van der Waals surface area contributed by atoms with Gasteiger partial charge in [-0.05, 0) is 24.2 Å². The Morgan fingerprint density at radius 1 is 1.19 bits per heavy atom. The molecule has 2 nitrogen and oxygen atoms in total. The van der Waals surface area contributed by atoms with E-state index in [1.54, 1.807) is 0 Å². The first-order chi connectivity index (χ1) is 7.77. The van der Waals surface area contributed by atoms with Crippen molar-refractivity contribution < 1.29 is 5.11 Å². The van der Waals surface area contributed by atoms with Gasteiger partial charge in [0, 0.05) is 0 Å². The molecule has 1 N–H and O–H groups in total. The molecule has 2 rings (SSSR count). The van der Waals surface area contributed by atoms with Crippen LogP contribution in [0.3, 0.4) is 0 Å². The van der Waals surface area contributed by atoms with Crippen LogP contribution in [0.5, 0.6) is 0 Å². The summed E-state index contributed by atoms with van der Waals surface area (Å²) in [6, 6.07) is 8.17. The number of aliphatic hydroxyl groups is 1. The molecule has 0 unspecified atom stereocenters. The SMILES string of the molecule is CCN(CC)[C@@H]1C=Cc2ccccc2[C@H]1O. The molecule has 1 aliphatic rings. The molecule has 0 saturated carbocycles. The average molecular weight is 217 g/mol. The maximum atomic E-state index is 10.4. The van der Waals surface area contributed by atoms with Gasteiger partial charge in [0.1, 0.15) is 0 Å². The van der Waals surface area contributed by atoms with Crippen LogP contribution in [0.25, 0.3) is 6.08 Å². The maximum Gasteiger partial charge on any atom is 0.0986 e. The van der Waals surface area contributed by atoms with Gasteiger partial charge in [-0.25, -0.2) is 0 Å². The summed E-state index contributed by atoms with van der Waals surface area (Å²) in [7, 11) is 0. The molecule has 1 aliphatic carbocycles. The molecule has 0 aromatic heterocycles. The zero-order valence-electron chi connectivity index (χ0n) is 9.93. The highest BCUT2D eigenvalue weighted by molar-refractivity contribution is 5.58. The van der Waals surface area contributed by atoms with E-state index in [1.165, 1.54) is 0 Å². The Balaban J connectivity index is 2.30. The van der Waals surface area contributed by atoms with Gasteiger partial charge in [-0.3, -0.25) is 4.90 Å². The molecular weight excluding hydrogens is 198 g/mol. The lowest BCUT2D eigenvalue weighted by molar-refractivity contribution is 0.0778. The standard InChI is InChI=1S/C14H19NO/c1-3-15(4-2)13-10-9-11-7-5-6-8-12(11)14(13)16/h5-10,13-14,16H,3-4H2,1-2H3/t13-,14-/m1/s1. The summed E-state index contributed by atoms with van der Waals surface area (Å²) in [4.78, 5) is 2.27. The Kier molecular flexibility index (Phi) is 3.42. The Morgan fingerprint density at radius 3 is 2.56 bits per heavy atom. The molecule has 0 spiro atoms. The van der Waals surface area contributed by atoms with E-state index in [1.807, 2.05) is 24.3 Å². The first-order valence-corrected chi connectivity index (χ1v) is 5.97. The predicted octanol–water partition coefficient (Wildman–Crippen LogP) is 2.46. The molecule has 0 heterocycles. The molecule has 2 atom stereocenters. The van der Waals surface area contributed by atoms with Gasteiger partial charge in [-0.1, -0.05) is 50.3 Å². The molecular formula is C14H19NO. The van der Waals surface area contributed by atoms with Crippen molar-refractivity contribution in [3.8, 4) is 0 Å². The van der Waals surface area contributed by atoms with Crippen molar-refractivity contribution in [1.29, 1.82) is 0 Å². The van der Waals surface area contributed by atoms with Crippen LogP contribution in [-0.2, 0) is 0 Å². The monoisotopic (exact) mass is 217 g/mol. The summed E-state index contributed by atoms with van der Waals surface area (Å²) in [5, 5.41) is 10.4. The summed E-state index contributed by atoms with van der Waals surface area (Å²) >= 11 is 0. The van der Waals surface area contributed by atoms with E-state index in [2.05, 4.69) is 30.9 Å². The van der Waals surface area contributed by atoms with Gasteiger partial charge in [0.25, 0.3) is 0 Å². The third kappa shape index (κ3) is 1.91. The van der Waals surface area contributed by atoms with E-state index in [4.69, 9.17) is 0 Å². The largest absolute Gasteiger partial charge is 0.386 e. The van der Waals surface area contributed by atoms with Crippen LogP contribution in [0.2, 0.25) is 0 Å². The summed E-state index contributed by atoms with van der Waals surface area (Å²) in [6.07, 6.45) is 3.83. The van der Waals surface area contributed by atoms with E-state index >= 15 is 0 Å². The van der Waals surface area contributed by atoms with Gasteiger partial charge in [0.15, 0.2) is 0 Å². The van der Waals surface area contributed by atoms with Crippen molar-refractivity contribution in [2.24, 2.45) is 0 Å². The molecule has 2 heteroatoms. The summed E-state index contributed by atoms with van der Waals surface area (Å²) < 4.78 is 0. The first-order valence-electron chi connectivity index (χ1n) is 5.97. The van der Waals surface area contributed by atoms with Gasteiger partial charge >= 0.3 is 0 Å². The zero-order chi connectivity index (χ0) is 11.5. The fourth-order valence-corrected chi connectivity index (χ4v) is 2.39. The molecule has 86 valence electrons. The number of benzene rings is 1. The van der Waals surface area contributed by atoms with Crippen molar-refractivity contribution >= 4 is 6.08 Å². The topological polar surface area (TPSA) is 23.5 Å². The summed E-state index contributed by atoms with van der Waals surface area (Å²) in [5.41, 5.74) is 2.18. The third-order valence-corrected chi connectivity index (χ3v) is 3.35. The molecule has 0 amide bonds. The van der Waals surface area contributed by atoms with Crippen LogP contribution < -0.4 is 0 Å². The summed E-state index contributed by atoms with van der Waals surface area (Å²) in [6.45, 7) is 6.19. The van der Waals surface area contributed by atoms with Crippen molar-refractivity contribution in [2.45, 2.75) is 26.0 Å². The quantitative estimate of drug-likeness (QED) is 0.840. The molecule has 1 aromatic rings. The predicted molar refractivity (Wildman–Crippen MR) is 67.1 cm³/mol. The van der Waals surface area contributed by atoms with E-state index in [0.717, 1.165) is 24.2 Å². The highest BCUT2D eigenvalue weighted by atomic mass is 16.3. The van der Waals surface area contributed by atoms with E-state index < -0.39 is 6.10 Å². The van der Waals surface area contributed by atoms with Crippen molar-refractivity contribution in [1.82, 2.24) is 4.90 Å². The number of fused-ring (bicyclic) bond motifs is 1. The third-order valence-electron chi connectivity index (χ3n) is 3.35. The molecule has 0 bridgehead atoms. The summed E-state index contributed by atoms with van der Waals surface area (Å²) in [5.74, 6) is 0. The smallest absolute Gasteiger partial charge is 0.0986 e. The van der Waals surface area contributed by atoms with Crippen LogP contribution in [0, 0.1) is 0 Å². The van der Waals surface area contributed by atoms with Gasteiger partial charge in [0.2, 0.25) is 0 Å². The van der Waals surface area contributed by atoms with Gasteiger partial charge in [-0.2, -0.15) is 0 Å². The Labute approximate surface area is 97.2 Å². The first kappa shape index (κ1) is 11.4. The van der Waals surface area contributed by atoms with E-state index in [-0.39, 0.29) is 6.04 Å². The Hall–Kier alpha value is -1.12. The molecule has 0 radical (unpaired) electrons. The fourth-order valence-electron chi connectivity index (χ4n) is 2.39. The highest BCUT2D eigenvalue weighted by Crippen LogP contribution is 2.30. The number of aliphatic hydroxyl groups excluding tert-OH is 1. The molecule has 16 heavy (non-hydrogen) atoms. The van der Waals surface area contributed by atoms with Gasteiger partial charge in [-0.15, -0.1) is 0 Å². The minimum Gasteiger partial charge on any atom is -0.386 e. The van der Waals surface area contributed by atoms with Crippen molar-refractivity contribution in [3.63, 3.8) is 0 Å². The lowest BCUT2D eigenvalue weighted by Gasteiger charge is -2.34. The van der Waals surface area contributed by atoms with Crippen LogP contribution in [0.15, 0.2) is 30.3 Å².